The lowest BCUT2D eigenvalue weighted by Crippen LogP contribution is -1.92. The standard InChI is InChI=1S/C7H13NOS/c1-10(9)7-5-3-2-4-6-8/h2-5,7H2,1H3/t10-/m1/s1. The number of rotatable bonds is 5. The van der Waals surface area contributed by atoms with Gasteiger partial charge in [0.25, 0.3) is 0 Å². The predicted molar refractivity (Wildman–Crippen MR) is 43.0 cm³/mol. The summed E-state index contributed by atoms with van der Waals surface area (Å²) in [4.78, 5) is 0. The lowest BCUT2D eigenvalue weighted by molar-refractivity contribution is 0.677. The summed E-state index contributed by atoms with van der Waals surface area (Å²) in [5.74, 6) is 0.783. The number of nitrogens with zero attached hydrogens (tertiary/aromatic N) is 1. The van der Waals surface area contributed by atoms with Gasteiger partial charge in [-0.25, -0.2) is 0 Å². The van der Waals surface area contributed by atoms with E-state index in [2.05, 4.69) is 6.07 Å². The largest absolute Gasteiger partial charge is 0.260 e. The fourth-order valence-corrected chi connectivity index (χ4v) is 1.30. The second-order valence-electron chi connectivity index (χ2n) is 2.25. The van der Waals surface area contributed by atoms with Crippen molar-refractivity contribution >= 4 is 10.8 Å². The van der Waals surface area contributed by atoms with Gasteiger partial charge in [0.05, 0.1) is 6.07 Å². The average Bonchev–Trinajstić information content (AvgIpc) is 1.87. The molecule has 0 saturated carbocycles. The molecule has 0 spiro atoms. The Hall–Kier alpha value is -0.360. The topological polar surface area (TPSA) is 40.9 Å². The van der Waals surface area contributed by atoms with Gasteiger partial charge in [-0.1, -0.05) is 6.42 Å². The molecule has 0 heterocycles. The molecule has 58 valence electrons. The van der Waals surface area contributed by atoms with Gasteiger partial charge in [-0.2, -0.15) is 5.26 Å². The van der Waals surface area contributed by atoms with Crippen LogP contribution in [0.5, 0.6) is 0 Å². The van der Waals surface area contributed by atoms with Gasteiger partial charge in [-0.05, 0) is 12.8 Å². The molecule has 0 bridgehead atoms. The molecule has 2 nitrogen and oxygen atoms in total. The first-order chi connectivity index (χ1) is 4.77. The van der Waals surface area contributed by atoms with Gasteiger partial charge in [-0.3, -0.25) is 4.21 Å². The highest BCUT2D eigenvalue weighted by Crippen LogP contribution is 1.98. The molecule has 0 aliphatic heterocycles. The van der Waals surface area contributed by atoms with Crippen LogP contribution in [0.25, 0.3) is 0 Å². The minimum atomic E-state index is -0.654. The van der Waals surface area contributed by atoms with Gasteiger partial charge < -0.3 is 0 Å². The monoisotopic (exact) mass is 159 g/mol. The number of unbranched alkanes of at least 4 members (excludes halogenated alkanes) is 3. The Morgan fingerprint density at radius 2 is 2.10 bits per heavy atom. The summed E-state index contributed by atoms with van der Waals surface area (Å²) in [6.45, 7) is 0. The van der Waals surface area contributed by atoms with Gasteiger partial charge in [0.2, 0.25) is 0 Å². The highest BCUT2D eigenvalue weighted by atomic mass is 32.2. The third-order valence-corrected chi connectivity index (χ3v) is 2.08. The average molecular weight is 159 g/mol. The lowest BCUT2D eigenvalue weighted by Gasteiger charge is -1.93. The normalized spacial score (nSPS) is 12.4. The molecule has 0 aliphatic carbocycles. The third-order valence-electron chi connectivity index (χ3n) is 1.22. The maximum atomic E-state index is 10.5. The molecule has 0 aromatic heterocycles. The summed E-state index contributed by atoms with van der Waals surface area (Å²) in [5, 5.41) is 8.16. The molecule has 1 atom stereocenters. The molecule has 0 aliphatic rings. The quantitative estimate of drug-likeness (QED) is 0.570. The fourth-order valence-electron chi connectivity index (χ4n) is 0.686. The lowest BCUT2D eigenvalue weighted by atomic mass is 10.2. The van der Waals surface area contributed by atoms with Crippen LogP contribution < -0.4 is 0 Å². The van der Waals surface area contributed by atoms with E-state index in [-0.39, 0.29) is 0 Å². The smallest absolute Gasteiger partial charge is 0.0621 e. The van der Waals surface area contributed by atoms with Crippen LogP contribution in [0, 0.1) is 11.3 Å². The van der Waals surface area contributed by atoms with Gasteiger partial charge >= 0.3 is 0 Å². The van der Waals surface area contributed by atoms with E-state index in [1.807, 2.05) is 0 Å². The van der Waals surface area contributed by atoms with E-state index in [0.29, 0.717) is 6.42 Å². The first-order valence-corrected chi connectivity index (χ1v) is 5.17. The van der Waals surface area contributed by atoms with Gasteiger partial charge in [0.1, 0.15) is 0 Å². The van der Waals surface area contributed by atoms with Crippen molar-refractivity contribution in [3.8, 4) is 6.07 Å². The van der Waals surface area contributed by atoms with Crippen LogP contribution in [0.2, 0.25) is 0 Å². The number of hydrogen-bond donors (Lipinski definition) is 0. The molecule has 0 fully saturated rings. The second kappa shape index (κ2) is 6.76. The van der Waals surface area contributed by atoms with E-state index in [4.69, 9.17) is 5.26 Å². The Labute approximate surface area is 64.7 Å². The Kier molecular flexibility index (Phi) is 6.51. The highest BCUT2D eigenvalue weighted by molar-refractivity contribution is 7.84. The highest BCUT2D eigenvalue weighted by Gasteiger charge is 1.90. The third kappa shape index (κ3) is 7.64. The molecule has 0 unspecified atom stereocenters. The van der Waals surface area contributed by atoms with Crippen molar-refractivity contribution in [1.82, 2.24) is 0 Å². The van der Waals surface area contributed by atoms with Crippen molar-refractivity contribution < 1.29 is 4.21 Å². The molecular weight excluding hydrogens is 146 g/mol. The Bertz CT molecular complexity index is 139. The maximum Gasteiger partial charge on any atom is 0.0621 e. The van der Waals surface area contributed by atoms with E-state index in [0.717, 1.165) is 25.0 Å². The molecule has 0 aromatic carbocycles. The van der Waals surface area contributed by atoms with Crippen molar-refractivity contribution in [3.63, 3.8) is 0 Å². The predicted octanol–water partition coefficient (Wildman–Crippen LogP) is 1.45. The van der Waals surface area contributed by atoms with Crippen molar-refractivity contribution in [1.29, 1.82) is 5.26 Å². The summed E-state index contributed by atoms with van der Waals surface area (Å²) in [5.41, 5.74) is 0. The SMILES string of the molecule is C[S@@](=O)CCCCCC#N. The van der Waals surface area contributed by atoms with Crippen LogP contribution in [0.1, 0.15) is 25.7 Å². The van der Waals surface area contributed by atoms with Crippen LogP contribution in [0.4, 0.5) is 0 Å². The van der Waals surface area contributed by atoms with Crippen molar-refractivity contribution in [2.45, 2.75) is 25.7 Å². The zero-order chi connectivity index (χ0) is 7.82. The van der Waals surface area contributed by atoms with Crippen molar-refractivity contribution in [3.05, 3.63) is 0 Å². The molecule has 0 radical (unpaired) electrons. The van der Waals surface area contributed by atoms with E-state index in [9.17, 15) is 4.21 Å². The zero-order valence-corrected chi connectivity index (χ0v) is 7.12. The van der Waals surface area contributed by atoms with Gasteiger partial charge in [0.15, 0.2) is 0 Å². The molecule has 10 heavy (non-hydrogen) atoms. The Morgan fingerprint density at radius 1 is 1.40 bits per heavy atom. The van der Waals surface area contributed by atoms with E-state index in [1.165, 1.54) is 0 Å². The van der Waals surface area contributed by atoms with Crippen LogP contribution in [0.15, 0.2) is 0 Å². The van der Waals surface area contributed by atoms with Gasteiger partial charge in [-0.15, -0.1) is 0 Å². The summed E-state index contributed by atoms with van der Waals surface area (Å²) in [6.07, 6.45) is 5.33. The summed E-state index contributed by atoms with van der Waals surface area (Å²) < 4.78 is 10.5. The summed E-state index contributed by atoms with van der Waals surface area (Å²) in [6, 6.07) is 2.08. The number of hydrogen-bond acceptors (Lipinski definition) is 2. The van der Waals surface area contributed by atoms with Gasteiger partial charge in [0, 0.05) is 29.2 Å². The first-order valence-electron chi connectivity index (χ1n) is 3.44. The maximum absolute atomic E-state index is 10.5. The van der Waals surface area contributed by atoms with Crippen LogP contribution >= 0.6 is 0 Å². The number of nitriles is 1. The molecule has 3 heteroatoms. The second-order valence-corrected chi connectivity index (χ2v) is 3.80. The fraction of sp³-hybridized carbons (Fsp3) is 0.857. The first kappa shape index (κ1) is 9.64. The van der Waals surface area contributed by atoms with Crippen LogP contribution in [-0.4, -0.2) is 16.2 Å². The van der Waals surface area contributed by atoms with Crippen molar-refractivity contribution in [2.75, 3.05) is 12.0 Å². The molecule has 0 rings (SSSR count). The molecule has 0 amide bonds. The summed E-state index contributed by atoms with van der Waals surface area (Å²) in [7, 11) is -0.654. The summed E-state index contributed by atoms with van der Waals surface area (Å²) >= 11 is 0. The van der Waals surface area contributed by atoms with Crippen molar-refractivity contribution in [2.24, 2.45) is 0 Å². The molecular formula is C7H13NOS. The minimum Gasteiger partial charge on any atom is -0.260 e. The minimum absolute atomic E-state index is 0.635. The molecule has 0 saturated heterocycles. The van der Waals surface area contributed by atoms with Crippen LogP contribution in [-0.2, 0) is 10.8 Å². The van der Waals surface area contributed by atoms with Crippen LogP contribution in [0.3, 0.4) is 0 Å². The van der Waals surface area contributed by atoms with E-state index >= 15 is 0 Å². The van der Waals surface area contributed by atoms with E-state index in [1.54, 1.807) is 6.26 Å². The Balaban J connectivity index is 2.92. The van der Waals surface area contributed by atoms with E-state index < -0.39 is 10.8 Å². The molecule has 0 N–H and O–H groups in total. The Morgan fingerprint density at radius 3 is 2.60 bits per heavy atom. The molecule has 0 aromatic rings. The zero-order valence-electron chi connectivity index (χ0n) is 6.30.